The number of likely N-dealkylation sites (N-methyl/N-ethyl adjacent to an activating group) is 1. The maximum Gasteiger partial charge on any atom is 0.224 e. The average Bonchev–Trinajstić information content (AvgIpc) is 3.04. The Morgan fingerprint density at radius 1 is 1.43 bits per heavy atom. The van der Waals surface area contributed by atoms with Gasteiger partial charge in [0.15, 0.2) is 0 Å². The molecule has 2 heterocycles. The number of furan rings is 1. The summed E-state index contributed by atoms with van der Waals surface area (Å²) in [6, 6.07) is 3.76. The molecule has 0 aliphatic carbocycles. The number of rotatable bonds is 6. The van der Waals surface area contributed by atoms with Gasteiger partial charge in [0, 0.05) is 12.1 Å². The third-order valence-electron chi connectivity index (χ3n) is 3.51. The molecule has 21 heavy (non-hydrogen) atoms. The number of carbonyl (C=O) groups is 1. The number of nitrogens with zero attached hydrogens (tertiary/aromatic N) is 2. The van der Waals surface area contributed by atoms with Crippen molar-refractivity contribution >= 4 is 5.91 Å². The molecule has 1 unspecified atom stereocenters. The topological polar surface area (TPSA) is 71.5 Å². The highest BCUT2D eigenvalue weighted by molar-refractivity contribution is 5.79. The third kappa shape index (κ3) is 3.72. The van der Waals surface area contributed by atoms with E-state index in [1.54, 1.807) is 6.26 Å². The van der Waals surface area contributed by atoms with Crippen molar-refractivity contribution in [1.29, 1.82) is 0 Å². The average molecular weight is 291 g/mol. The van der Waals surface area contributed by atoms with Crippen LogP contribution in [-0.2, 0) is 11.2 Å². The molecular formula is C15H21N3O3. The molecule has 2 aromatic rings. The zero-order valence-corrected chi connectivity index (χ0v) is 12.8. The minimum absolute atomic E-state index is 0.00798. The predicted molar refractivity (Wildman–Crippen MR) is 77.8 cm³/mol. The largest absolute Gasteiger partial charge is 0.468 e. The van der Waals surface area contributed by atoms with Crippen LogP contribution in [0.2, 0.25) is 0 Å². The van der Waals surface area contributed by atoms with E-state index in [4.69, 9.17) is 8.94 Å². The van der Waals surface area contributed by atoms with E-state index >= 15 is 0 Å². The fourth-order valence-corrected chi connectivity index (χ4v) is 2.21. The first-order valence-electron chi connectivity index (χ1n) is 6.87. The van der Waals surface area contributed by atoms with E-state index in [-0.39, 0.29) is 18.4 Å². The van der Waals surface area contributed by atoms with E-state index in [0.717, 1.165) is 17.0 Å². The lowest BCUT2D eigenvalue weighted by Crippen LogP contribution is -2.35. The maximum absolute atomic E-state index is 12.1. The lowest BCUT2D eigenvalue weighted by molar-refractivity contribution is -0.120. The predicted octanol–water partition coefficient (Wildman–Crippen LogP) is 1.85. The van der Waals surface area contributed by atoms with Crippen LogP contribution in [0.4, 0.5) is 0 Å². The Labute approximate surface area is 124 Å². The lowest BCUT2D eigenvalue weighted by Gasteiger charge is -2.22. The van der Waals surface area contributed by atoms with Gasteiger partial charge in [0.1, 0.15) is 11.5 Å². The first-order chi connectivity index (χ1) is 9.99. The molecule has 6 nitrogen and oxygen atoms in total. The number of hydrogen-bond donors (Lipinski definition) is 1. The van der Waals surface area contributed by atoms with Gasteiger partial charge < -0.3 is 14.3 Å². The minimum Gasteiger partial charge on any atom is -0.468 e. The fraction of sp³-hybridized carbons (Fsp3) is 0.467. The molecule has 1 amide bonds. The molecule has 114 valence electrons. The summed E-state index contributed by atoms with van der Waals surface area (Å²) < 4.78 is 10.5. The molecule has 0 bridgehead atoms. The second-order valence-electron chi connectivity index (χ2n) is 5.28. The van der Waals surface area contributed by atoms with Crippen LogP contribution in [0.3, 0.4) is 0 Å². The Morgan fingerprint density at radius 2 is 2.19 bits per heavy atom. The van der Waals surface area contributed by atoms with Crippen LogP contribution >= 0.6 is 0 Å². The molecular weight excluding hydrogens is 270 g/mol. The van der Waals surface area contributed by atoms with Gasteiger partial charge in [-0.1, -0.05) is 5.16 Å². The van der Waals surface area contributed by atoms with E-state index in [2.05, 4.69) is 10.5 Å². The summed E-state index contributed by atoms with van der Waals surface area (Å²) in [6.45, 7) is 4.14. The zero-order chi connectivity index (χ0) is 15.4. The molecule has 2 aromatic heterocycles. The molecule has 0 aliphatic rings. The monoisotopic (exact) mass is 291 g/mol. The fourth-order valence-electron chi connectivity index (χ4n) is 2.21. The van der Waals surface area contributed by atoms with Gasteiger partial charge in [-0.15, -0.1) is 0 Å². The van der Waals surface area contributed by atoms with Crippen molar-refractivity contribution in [3.05, 3.63) is 41.2 Å². The summed E-state index contributed by atoms with van der Waals surface area (Å²) in [5.74, 6) is 1.47. The van der Waals surface area contributed by atoms with Gasteiger partial charge in [0.25, 0.3) is 0 Å². The number of aryl methyl sites for hydroxylation is 2. The first kappa shape index (κ1) is 15.3. The van der Waals surface area contributed by atoms with E-state index in [1.165, 1.54) is 0 Å². The highest BCUT2D eigenvalue weighted by Gasteiger charge is 2.19. The summed E-state index contributed by atoms with van der Waals surface area (Å²) in [7, 11) is 3.90. The number of nitrogens with one attached hydrogen (secondary N) is 1. The van der Waals surface area contributed by atoms with Crippen molar-refractivity contribution in [1.82, 2.24) is 15.4 Å². The Kier molecular flexibility index (Phi) is 4.80. The van der Waals surface area contributed by atoms with Crippen LogP contribution in [-0.4, -0.2) is 36.6 Å². The maximum atomic E-state index is 12.1. The summed E-state index contributed by atoms with van der Waals surface area (Å²) in [5, 5.41) is 6.79. The van der Waals surface area contributed by atoms with Crippen molar-refractivity contribution in [3.8, 4) is 0 Å². The highest BCUT2D eigenvalue weighted by Crippen LogP contribution is 2.18. The molecule has 0 saturated heterocycles. The Morgan fingerprint density at radius 3 is 2.71 bits per heavy atom. The molecule has 1 atom stereocenters. The van der Waals surface area contributed by atoms with Gasteiger partial charge in [-0.2, -0.15) is 0 Å². The Bertz CT molecular complexity index is 568. The van der Waals surface area contributed by atoms with Crippen molar-refractivity contribution in [2.24, 2.45) is 0 Å². The molecule has 0 aromatic carbocycles. The lowest BCUT2D eigenvalue weighted by atomic mass is 10.1. The van der Waals surface area contributed by atoms with Crippen LogP contribution in [0.1, 0.15) is 28.8 Å². The molecule has 0 spiro atoms. The van der Waals surface area contributed by atoms with E-state index in [9.17, 15) is 4.79 Å². The standard InChI is InChI=1S/C15H21N3O3/c1-10-12(11(2)21-17-10)8-15(19)16-9-13(18(3)4)14-6-5-7-20-14/h5-7,13H,8-9H2,1-4H3,(H,16,19). The highest BCUT2D eigenvalue weighted by atomic mass is 16.5. The molecule has 6 heteroatoms. The summed E-state index contributed by atoms with van der Waals surface area (Å²) in [4.78, 5) is 14.1. The normalized spacial score (nSPS) is 12.6. The molecule has 0 aliphatic heterocycles. The van der Waals surface area contributed by atoms with E-state index in [1.807, 2.05) is 45.0 Å². The van der Waals surface area contributed by atoms with Crippen LogP contribution in [0.25, 0.3) is 0 Å². The number of hydrogen-bond acceptors (Lipinski definition) is 5. The van der Waals surface area contributed by atoms with Crippen molar-refractivity contribution < 1.29 is 13.7 Å². The van der Waals surface area contributed by atoms with Gasteiger partial charge in [0.2, 0.25) is 5.91 Å². The second-order valence-corrected chi connectivity index (χ2v) is 5.28. The van der Waals surface area contributed by atoms with E-state index in [0.29, 0.717) is 12.3 Å². The van der Waals surface area contributed by atoms with Gasteiger partial charge in [-0.05, 0) is 40.1 Å². The number of aromatic nitrogens is 1. The van der Waals surface area contributed by atoms with Crippen LogP contribution in [0, 0.1) is 13.8 Å². The molecule has 1 N–H and O–H groups in total. The molecule has 0 saturated carbocycles. The SMILES string of the molecule is Cc1noc(C)c1CC(=O)NCC(c1ccco1)N(C)C. The van der Waals surface area contributed by atoms with Crippen LogP contribution in [0.5, 0.6) is 0 Å². The first-order valence-corrected chi connectivity index (χ1v) is 6.87. The van der Waals surface area contributed by atoms with Crippen molar-refractivity contribution in [3.63, 3.8) is 0 Å². The number of amides is 1. The molecule has 0 fully saturated rings. The second kappa shape index (κ2) is 6.58. The summed E-state index contributed by atoms with van der Waals surface area (Å²) >= 11 is 0. The zero-order valence-electron chi connectivity index (χ0n) is 12.8. The summed E-state index contributed by atoms with van der Waals surface area (Å²) in [5.41, 5.74) is 1.62. The Balaban J connectivity index is 1.94. The van der Waals surface area contributed by atoms with Crippen molar-refractivity contribution in [2.45, 2.75) is 26.3 Å². The summed E-state index contributed by atoms with van der Waals surface area (Å²) in [6.07, 6.45) is 1.91. The number of carbonyl (C=O) groups excluding carboxylic acids is 1. The smallest absolute Gasteiger partial charge is 0.224 e. The Hall–Kier alpha value is -2.08. The quantitative estimate of drug-likeness (QED) is 0.879. The van der Waals surface area contributed by atoms with Crippen LogP contribution < -0.4 is 5.32 Å². The van der Waals surface area contributed by atoms with Gasteiger partial charge in [-0.25, -0.2) is 0 Å². The van der Waals surface area contributed by atoms with Gasteiger partial charge in [-0.3, -0.25) is 9.69 Å². The molecule has 2 rings (SSSR count). The van der Waals surface area contributed by atoms with Gasteiger partial charge >= 0.3 is 0 Å². The minimum atomic E-state index is -0.0530. The molecule has 0 radical (unpaired) electrons. The van der Waals surface area contributed by atoms with Crippen molar-refractivity contribution in [2.75, 3.05) is 20.6 Å². The van der Waals surface area contributed by atoms with E-state index < -0.39 is 0 Å². The van der Waals surface area contributed by atoms with Crippen LogP contribution in [0.15, 0.2) is 27.3 Å². The third-order valence-corrected chi connectivity index (χ3v) is 3.51. The van der Waals surface area contributed by atoms with Gasteiger partial charge in [0.05, 0.1) is 24.4 Å².